The second kappa shape index (κ2) is 8.53. The molecule has 0 heterocycles. The van der Waals surface area contributed by atoms with E-state index in [1.807, 2.05) is 19.1 Å². The molecule has 7 heteroatoms. The highest BCUT2D eigenvalue weighted by Crippen LogP contribution is 2.40. The molecule has 0 aliphatic carbocycles. The Bertz CT molecular complexity index is 1160. The molecule has 0 aliphatic heterocycles. The van der Waals surface area contributed by atoms with Crippen LogP contribution < -0.4 is 0 Å². The van der Waals surface area contributed by atoms with Crippen molar-refractivity contribution in [2.75, 3.05) is 0 Å². The third kappa shape index (κ3) is 4.08. The highest BCUT2D eigenvalue weighted by Gasteiger charge is 2.56. The molecule has 3 rings (SSSR count). The lowest BCUT2D eigenvalue weighted by Crippen LogP contribution is -2.42. The lowest BCUT2D eigenvalue weighted by atomic mass is 10.1. The van der Waals surface area contributed by atoms with E-state index in [0.29, 0.717) is 5.56 Å². The van der Waals surface area contributed by atoms with E-state index in [2.05, 4.69) is 0 Å². The Morgan fingerprint density at radius 2 is 1.17 bits per heavy atom. The van der Waals surface area contributed by atoms with Gasteiger partial charge >= 0.3 is 4.33 Å². The molecule has 0 saturated carbocycles. The smallest absolute Gasteiger partial charge is 0.219 e. The average molecular weight is 445 g/mol. The third-order valence-electron chi connectivity index (χ3n) is 4.66. The van der Waals surface area contributed by atoms with E-state index in [9.17, 15) is 16.8 Å². The van der Waals surface area contributed by atoms with E-state index >= 15 is 4.39 Å². The summed E-state index contributed by atoms with van der Waals surface area (Å²) in [5.74, 6) is 0. The number of aryl methyl sites for hydroxylation is 1. The molecule has 0 amide bonds. The SMILES string of the molecule is Cc1ccc(/C=C/CC(F)(S(=O)(=O)c2ccccc2)S(=O)(=O)c2ccccc2)cc1. The summed E-state index contributed by atoms with van der Waals surface area (Å²) in [7, 11) is -9.75. The van der Waals surface area contributed by atoms with Crippen LogP contribution in [0.4, 0.5) is 4.39 Å². The molecule has 0 aliphatic rings. The predicted octanol–water partition coefficient (Wildman–Crippen LogP) is 4.97. The lowest BCUT2D eigenvalue weighted by Gasteiger charge is -2.24. The monoisotopic (exact) mass is 444 g/mol. The van der Waals surface area contributed by atoms with Crippen molar-refractivity contribution in [3.05, 3.63) is 102 Å². The molecule has 0 atom stereocenters. The van der Waals surface area contributed by atoms with Crippen molar-refractivity contribution >= 4 is 25.8 Å². The van der Waals surface area contributed by atoms with E-state index in [4.69, 9.17) is 0 Å². The van der Waals surface area contributed by atoms with Gasteiger partial charge in [-0.2, -0.15) is 0 Å². The van der Waals surface area contributed by atoms with Gasteiger partial charge in [0.05, 0.1) is 9.79 Å². The molecule has 156 valence electrons. The Morgan fingerprint density at radius 3 is 1.60 bits per heavy atom. The maximum absolute atomic E-state index is 16.3. The minimum atomic E-state index is -4.87. The van der Waals surface area contributed by atoms with Gasteiger partial charge in [-0.05, 0) is 36.8 Å². The molecule has 0 fully saturated rings. The molecule has 0 spiro atoms. The van der Waals surface area contributed by atoms with Gasteiger partial charge in [0.15, 0.2) is 0 Å². The molecule has 0 N–H and O–H groups in total. The Labute approximate surface area is 176 Å². The van der Waals surface area contributed by atoms with Crippen LogP contribution in [0.2, 0.25) is 0 Å². The van der Waals surface area contributed by atoms with E-state index < -0.39 is 40.2 Å². The van der Waals surface area contributed by atoms with Crippen LogP contribution >= 0.6 is 0 Å². The van der Waals surface area contributed by atoms with Gasteiger partial charge in [-0.3, -0.25) is 0 Å². The van der Waals surface area contributed by atoms with Gasteiger partial charge in [-0.1, -0.05) is 78.4 Å². The molecule has 0 unspecified atom stereocenters. The van der Waals surface area contributed by atoms with Crippen LogP contribution in [-0.4, -0.2) is 21.2 Å². The van der Waals surface area contributed by atoms with Crippen LogP contribution in [-0.2, 0) is 19.7 Å². The molecule has 0 saturated heterocycles. The van der Waals surface area contributed by atoms with Gasteiger partial charge in [0.25, 0.3) is 0 Å². The van der Waals surface area contributed by atoms with Crippen molar-refractivity contribution in [3.63, 3.8) is 0 Å². The quantitative estimate of drug-likeness (QED) is 0.516. The van der Waals surface area contributed by atoms with Gasteiger partial charge < -0.3 is 0 Å². The summed E-state index contributed by atoms with van der Waals surface area (Å²) >= 11 is 0. The van der Waals surface area contributed by atoms with Crippen LogP contribution in [0.25, 0.3) is 6.08 Å². The summed E-state index contributed by atoms with van der Waals surface area (Å²) in [5, 5.41) is 0. The first kappa shape index (κ1) is 21.9. The molecular weight excluding hydrogens is 423 g/mol. The first-order valence-corrected chi connectivity index (χ1v) is 12.2. The van der Waals surface area contributed by atoms with E-state index in [1.54, 1.807) is 24.3 Å². The minimum Gasteiger partial charge on any atom is -0.219 e. The van der Waals surface area contributed by atoms with Crippen molar-refractivity contribution in [2.24, 2.45) is 0 Å². The molecular formula is C23H21FO4S2. The maximum Gasteiger partial charge on any atom is 0.321 e. The molecule has 30 heavy (non-hydrogen) atoms. The van der Waals surface area contributed by atoms with Gasteiger partial charge in [-0.15, -0.1) is 0 Å². The summed E-state index contributed by atoms with van der Waals surface area (Å²) in [6, 6.07) is 20.8. The summed E-state index contributed by atoms with van der Waals surface area (Å²) in [5.41, 5.74) is 1.74. The van der Waals surface area contributed by atoms with Gasteiger partial charge in [0, 0.05) is 6.42 Å². The Balaban J connectivity index is 2.10. The number of allylic oxidation sites excluding steroid dienone is 1. The summed E-state index contributed by atoms with van der Waals surface area (Å²) in [6.07, 6.45) is 1.90. The highest BCUT2D eigenvalue weighted by molar-refractivity contribution is 8.10. The van der Waals surface area contributed by atoms with Crippen molar-refractivity contribution in [1.82, 2.24) is 0 Å². The number of alkyl halides is 1. The Morgan fingerprint density at radius 1 is 0.733 bits per heavy atom. The predicted molar refractivity (Wildman–Crippen MR) is 116 cm³/mol. The molecule has 0 bridgehead atoms. The summed E-state index contributed by atoms with van der Waals surface area (Å²) in [6.45, 7) is 1.92. The molecule has 0 aromatic heterocycles. The number of sulfone groups is 2. The average Bonchev–Trinajstić information content (AvgIpc) is 2.76. The number of hydrogen-bond donors (Lipinski definition) is 0. The Hall–Kier alpha value is -2.77. The van der Waals surface area contributed by atoms with Gasteiger partial charge in [0.2, 0.25) is 19.7 Å². The van der Waals surface area contributed by atoms with Crippen LogP contribution in [0.15, 0.2) is 101 Å². The molecule has 0 radical (unpaired) electrons. The molecule has 3 aromatic rings. The lowest BCUT2D eigenvalue weighted by molar-refractivity contribution is 0.358. The minimum absolute atomic E-state index is 0.393. The van der Waals surface area contributed by atoms with Crippen LogP contribution in [0.3, 0.4) is 0 Å². The van der Waals surface area contributed by atoms with Crippen LogP contribution in [0.5, 0.6) is 0 Å². The van der Waals surface area contributed by atoms with Crippen molar-refractivity contribution < 1.29 is 21.2 Å². The zero-order chi connectivity index (χ0) is 21.8. The zero-order valence-electron chi connectivity index (χ0n) is 16.3. The summed E-state index contributed by atoms with van der Waals surface area (Å²) < 4.78 is 65.4. The number of hydrogen-bond acceptors (Lipinski definition) is 4. The Kier molecular flexibility index (Phi) is 6.24. The fraction of sp³-hybridized carbons (Fsp3) is 0.130. The first-order valence-electron chi connectivity index (χ1n) is 9.20. The zero-order valence-corrected chi connectivity index (χ0v) is 17.9. The number of benzene rings is 3. The number of halogens is 1. The molecule has 4 nitrogen and oxygen atoms in total. The van der Waals surface area contributed by atoms with Gasteiger partial charge in [0.1, 0.15) is 0 Å². The largest absolute Gasteiger partial charge is 0.321 e. The van der Waals surface area contributed by atoms with Crippen LogP contribution in [0.1, 0.15) is 17.5 Å². The van der Waals surface area contributed by atoms with Crippen molar-refractivity contribution in [2.45, 2.75) is 27.5 Å². The van der Waals surface area contributed by atoms with E-state index in [1.165, 1.54) is 60.7 Å². The fourth-order valence-electron chi connectivity index (χ4n) is 2.93. The second-order valence-electron chi connectivity index (χ2n) is 6.81. The normalized spacial score (nSPS) is 12.9. The van der Waals surface area contributed by atoms with Crippen molar-refractivity contribution in [3.8, 4) is 0 Å². The molecule has 3 aromatic carbocycles. The topological polar surface area (TPSA) is 68.3 Å². The second-order valence-corrected chi connectivity index (χ2v) is 11.3. The summed E-state index contributed by atoms with van der Waals surface area (Å²) in [4.78, 5) is -0.786. The third-order valence-corrected chi connectivity index (χ3v) is 9.70. The fourth-order valence-corrected chi connectivity index (χ4v) is 7.03. The van der Waals surface area contributed by atoms with Gasteiger partial charge in [-0.25, -0.2) is 21.2 Å². The highest BCUT2D eigenvalue weighted by atomic mass is 32.3. The van der Waals surface area contributed by atoms with E-state index in [0.717, 1.165) is 5.56 Å². The number of rotatable bonds is 7. The standard InChI is InChI=1S/C23H21FO4S2/c1-19-14-16-20(17-15-19)9-8-18-23(24,29(25,26)21-10-4-2-5-11-21)30(27,28)22-12-6-3-7-13-22/h2-17H,18H2,1H3/b9-8+. The van der Waals surface area contributed by atoms with E-state index in [-0.39, 0.29) is 0 Å². The van der Waals surface area contributed by atoms with Crippen LogP contribution in [0, 0.1) is 6.92 Å². The first-order chi connectivity index (χ1) is 14.2. The van der Waals surface area contributed by atoms with Crippen molar-refractivity contribution in [1.29, 1.82) is 0 Å². The maximum atomic E-state index is 16.3.